The summed E-state index contributed by atoms with van der Waals surface area (Å²) in [6.45, 7) is 0. The van der Waals surface area contributed by atoms with Crippen molar-refractivity contribution in [3.8, 4) is 0 Å². The number of ether oxygens (including phenoxy) is 3. The number of rotatable bonds is 3. The first kappa shape index (κ1) is 16.7. The van der Waals surface area contributed by atoms with Gasteiger partial charge in [0.25, 0.3) is 0 Å². The van der Waals surface area contributed by atoms with E-state index in [0.29, 0.717) is 38.5 Å². The van der Waals surface area contributed by atoms with E-state index in [4.69, 9.17) is 14.2 Å². The first-order chi connectivity index (χ1) is 10.7. The highest BCUT2D eigenvalue weighted by Gasteiger charge is 2.74. The van der Waals surface area contributed by atoms with Gasteiger partial charge in [0.2, 0.25) is 0 Å². The summed E-state index contributed by atoms with van der Waals surface area (Å²) in [7, 11) is 4.03. The molecule has 0 N–H and O–H groups in total. The van der Waals surface area contributed by atoms with E-state index in [0.717, 1.165) is 0 Å². The van der Waals surface area contributed by atoms with E-state index in [2.05, 4.69) is 15.9 Å². The molecule has 4 aliphatic rings. The highest BCUT2D eigenvalue weighted by molar-refractivity contribution is 9.10. The number of hydrogen-bond donors (Lipinski definition) is 0. The molecule has 4 aliphatic carbocycles. The lowest BCUT2D eigenvalue weighted by Crippen LogP contribution is -2.68. The van der Waals surface area contributed by atoms with E-state index in [1.165, 1.54) is 21.3 Å². The molecular formula is C16H21BrO6. The number of methoxy groups -OCH3 is 3. The zero-order chi connectivity index (χ0) is 17.1. The second kappa shape index (κ2) is 4.94. The lowest BCUT2D eigenvalue weighted by atomic mass is 9.39. The van der Waals surface area contributed by atoms with Crippen molar-refractivity contribution in [2.24, 2.45) is 16.2 Å². The molecule has 0 unspecified atom stereocenters. The largest absolute Gasteiger partial charge is 0.469 e. The molecule has 0 aromatic rings. The molecule has 0 atom stereocenters. The van der Waals surface area contributed by atoms with Crippen molar-refractivity contribution in [3.63, 3.8) is 0 Å². The SMILES string of the molecule is COC(=O)C12CC3(Br)CC(C(=O)OC)(C1)CC(C(=O)OC)(C3)C2. The van der Waals surface area contributed by atoms with Crippen LogP contribution in [0, 0.1) is 16.2 Å². The molecule has 0 amide bonds. The third-order valence-corrected chi connectivity index (χ3v) is 6.69. The number of halogens is 1. The Morgan fingerprint density at radius 3 is 1.13 bits per heavy atom. The number of esters is 3. The maximum absolute atomic E-state index is 12.6. The second-order valence-electron chi connectivity index (χ2n) is 7.53. The minimum atomic E-state index is -0.852. The summed E-state index contributed by atoms with van der Waals surface area (Å²) in [5.74, 6) is -1.08. The highest BCUT2D eigenvalue weighted by atomic mass is 79.9. The molecule has 7 heteroatoms. The summed E-state index contributed by atoms with van der Waals surface area (Å²) in [6.07, 6.45) is 2.78. The van der Waals surface area contributed by atoms with Gasteiger partial charge in [-0.15, -0.1) is 0 Å². The van der Waals surface area contributed by atoms with E-state index in [9.17, 15) is 14.4 Å². The zero-order valence-corrected chi connectivity index (χ0v) is 15.2. The number of alkyl halides is 1. The van der Waals surface area contributed by atoms with Gasteiger partial charge in [0.05, 0.1) is 37.6 Å². The molecule has 0 aliphatic heterocycles. The Hall–Kier alpha value is -1.11. The normalized spacial score (nSPS) is 43.8. The van der Waals surface area contributed by atoms with Crippen LogP contribution in [0.15, 0.2) is 0 Å². The molecule has 6 nitrogen and oxygen atoms in total. The fourth-order valence-electron chi connectivity index (χ4n) is 5.81. The number of hydrogen-bond acceptors (Lipinski definition) is 6. The third kappa shape index (κ3) is 2.15. The zero-order valence-electron chi connectivity index (χ0n) is 13.6. The van der Waals surface area contributed by atoms with Crippen molar-refractivity contribution < 1.29 is 28.6 Å². The molecule has 4 bridgehead atoms. The van der Waals surface area contributed by atoms with Gasteiger partial charge in [-0.05, 0) is 38.5 Å². The van der Waals surface area contributed by atoms with Crippen LogP contribution >= 0.6 is 15.9 Å². The van der Waals surface area contributed by atoms with Crippen molar-refractivity contribution in [3.05, 3.63) is 0 Å². The van der Waals surface area contributed by atoms with Crippen LogP contribution in [0.4, 0.5) is 0 Å². The van der Waals surface area contributed by atoms with E-state index < -0.39 is 20.6 Å². The van der Waals surface area contributed by atoms with E-state index in [-0.39, 0.29) is 17.9 Å². The summed E-state index contributed by atoms with van der Waals surface area (Å²) < 4.78 is 14.6. The smallest absolute Gasteiger partial charge is 0.311 e. The minimum absolute atomic E-state index is 0.359. The Bertz CT molecular complexity index is 498. The second-order valence-corrected chi connectivity index (χ2v) is 9.21. The molecular weight excluding hydrogens is 368 g/mol. The molecule has 0 aromatic heterocycles. The van der Waals surface area contributed by atoms with Gasteiger partial charge < -0.3 is 14.2 Å². The van der Waals surface area contributed by atoms with Crippen LogP contribution in [0.1, 0.15) is 38.5 Å². The first-order valence-electron chi connectivity index (χ1n) is 7.63. The van der Waals surface area contributed by atoms with Crippen LogP contribution < -0.4 is 0 Å². The minimum Gasteiger partial charge on any atom is -0.469 e. The van der Waals surface area contributed by atoms with Gasteiger partial charge in [-0.1, -0.05) is 15.9 Å². The van der Waals surface area contributed by atoms with Gasteiger partial charge in [-0.2, -0.15) is 0 Å². The van der Waals surface area contributed by atoms with E-state index in [1.54, 1.807) is 0 Å². The lowest BCUT2D eigenvalue weighted by molar-refractivity contribution is -0.207. The van der Waals surface area contributed by atoms with Gasteiger partial charge in [0, 0.05) is 4.32 Å². The van der Waals surface area contributed by atoms with Gasteiger partial charge >= 0.3 is 17.9 Å². The van der Waals surface area contributed by atoms with Crippen molar-refractivity contribution in [1.29, 1.82) is 0 Å². The van der Waals surface area contributed by atoms with Gasteiger partial charge in [-0.3, -0.25) is 14.4 Å². The number of carbonyl (C=O) groups excluding carboxylic acids is 3. The first-order valence-corrected chi connectivity index (χ1v) is 8.42. The Morgan fingerprint density at radius 2 is 0.913 bits per heavy atom. The molecule has 0 aromatic carbocycles. The Morgan fingerprint density at radius 1 is 0.652 bits per heavy atom. The van der Waals surface area contributed by atoms with Crippen LogP contribution in [0.2, 0.25) is 0 Å². The van der Waals surface area contributed by atoms with Crippen LogP contribution in [-0.4, -0.2) is 43.6 Å². The van der Waals surface area contributed by atoms with E-state index in [1.807, 2.05) is 0 Å². The van der Waals surface area contributed by atoms with Crippen molar-refractivity contribution in [2.75, 3.05) is 21.3 Å². The van der Waals surface area contributed by atoms with Crippen molar-refractivity contribution in [1.82, 2.24) is 0 Å². The standard InChI is InChI=1S/C16H21BrO6/c1-21-10(18)13-4-14(11(19)22-2)6-15(5-13,12(20)23-3)9-16(17,7-13)8-14/h4-9H2,1-3H3. The summed E-state index contributed by atoms with van der Waals surface area (Å²) in [5, 5.41) is 0. The summed E-state index contributed by atoms with van der Waals surface area (Å²) in [6, 6.07) is 0. The summed E-state index contributed by atoms with van der Waals surface area (Å²) in [4.78, 5) is 37.7. The van der Waals surface area contributed by atoms with Crippen LogP contribution in [0.3, 0.4) is 0 Å². The monoisotopic (exact) mass is 388 g/mol. The molecule has 0 spiro atoms. The summed E-state index contributed by atoms with van der Waals surface area (Å²) in [5.41, 5.74) is -2.56. The topological polar surface area (TPSA) is 78.9 Å². The van der Waals surface area contributed by atoms with Crippen LogP contribution in [0.25, 0.3) is 0 Å². The van der Waals surface area contributed by atoms with Gasteiger partial charge in [0.15, 0.2) is 0 Å². The molecule has 4 fully saturated rings. The Kier molecular flexibility index (Phi) is 3.60. The number of carbonyl (C=O) groups is 3. The van der Waals surface area contributed by atoms with Crippen LogP contribution in [-0.2, 0) is 28.6 Å². The fourth-order valence-corrected chi connectivity index (χ4v) is 7.42. The Balaban J connectivity index is 2.16. The van der Waals surface area contributed by atoms with Crippen LogP contribution in [0.5, 0.6) is 0 Å². The van der Waals surface area contributed by atoms with Crippen molar-refractivity contribution in [2.45, 2.75) is 42.8 Å². The fraction of sp³-hybridized carbons (Fsp3) is 0.812. The van der Waals surface area contributed by atoms with Crippen molar-refractivity contribution >= 4 is 33.8 Å². The molecule has 0 heterocycles. The predicted molar refractivity (Wildman–Crippen MR) is 82.7 cm³/mol. The maximum atomic E-state index is 12.6. The quantitative estimate of drug-likeness (QED) is 0.417. The van der Waals surface area contributed by atoms with Gasteiger partial charge in [0.1, 0.15) is 0 Å². The predicted octanol–water partition coefficient (Wildman–Crippen LogP) is 1.98. The molecule has 23 heavy (non-hydrogen) atoms. The third-order valence-electron chi connectivity index (χ3n) is 5.85. The maximum Gasteiger partial charge on any atom is 0.311 e. The molecule has 4 rings (SSSR count). The molecule has 0 saturated heterocycles. The molecule has 4 saturated carbocycles. The average molecular weight is 389 g/mol. The van der Waals surface area contributed by atoms with Gasteiger partial charge in [-0.25, -0.2) is 0 Å². The molecule has 128 valence electrons. The average Bonchev–Trinajstić information content (AvgIpc) is 2.49. The molecule has 0 radical (unpaired) electrons. The Labute approximate surface area is 143 Å². The lowest BCUT2D eigenvalue weighted by Gasteiger charge is -2.65. The highest BCUT2D eigenvalue weighted by Crippen LogP contribution is 2.73. The van der Waals surface area contributed by atoms with E-state index >= 15 is 0 Å². The summed E-state index contributed by atoms with van der Waals surface area (Å²) >= 11 is 3.73.